The molecule has 0 aliphatic heterocycles. The molecule has 134 valence electrons. The summed E-state index contributed by atoms with van der Waals surface area (Å²) in [4.78, 5) is 27.8. The molecule has 0 radical (unpaired) electrons. The van der Waals surface area contributed by atoms with Gasteiger partial charge in [0.15, 0.2) is 5.78 Å². The highest BCUT2D eigenvalue weighted by Crippen LogP contribution is 2.60. The molecule has 4 nitrogen and oxygen atoms in total. The summed E-state index contributed by atoms with van der Waals surface area (Å²) in [6.07, 6.45) is 3.74. The number of anilines is 1. The quantitative estimate of drug-likeness (QED) is 0.639. The number of rotatable bonds is 6. The Morgan fingerprint density at radius 1 is 1.08 bits per heavy atom. The van der Waals surface area contributed by atoms with Gasteiger partial charge in [-0.2, -0.15) is 0 Å². The van der Waals surface area contributed by atoms with E-state index in [0.717, 1.165) is 11.1 Å². The Labute approximate surface area is 154 Å². The molecule has 1 fully saturated rings. The van der Waals surface area contributed by atoms with E-state index in [4.69, 9.17) is 0 Å². The van der Waals surface area contributed by atoms with Gasteiger partial charge in [-0.3, -0.25) is 9.59 Å². The SMILES string of the molecule is Cc1ccc(NC(=O)C2(C(=O)C=CN(C)C)CC2c2ccccc2)cc1. The minimum absolute atomic E-state index is 0.0894. The second kappa shape index (κ2) is 7.16. The molecule has 1 aliphatic carbocycles. The molecule has 26 heavy (non-hydrogen) atoms. The van der Waals surface area contributed by atoms with E-state index in [9.17, 15) is 9.59 Å². The topological polar surface area (TPSA) is 49.4 Å². The van der Waals surface area contributed by atoms with Crippen molar-refractivity contribution in [3.05, 3.63) is 78.0 Å². The zero-order valence-corrected chi connectivity index (χ0v) is 15.4. The van der Waals surface area contributed by atoms with Crippen LogP contribution in [0.3, 0.4) is 0 Å². The lowest BCUT2D eigenvalue weighted by Gasteiger charge is -2.16. The van der Waals surface area contributed by atoms with Gasteiger partial charge in [0.25, 0.3) is 0 Å². The van der Waals surface area contributed by atoms with Gasteiger partial charge >= 0.3 is 0 Å². The summed E-state index contributed by atoms with van der Waals surface area (Å²) in [6, 6.07) is 17.4. The lowest BCUT2D eigenvalue weighted by Crippen LogP contribution is -2.32. The second-order valence-electron chi connectivity index (χ2n) is 7.10. The first-order chi connectivity index (χ1) is 12.4. The standard InChI is InChI=1S/C22H24N2O2/c1-16-9-11-18(12-10-16)23-21(26)22(20(25)13-14-24(2)3)15-19(22)17-7-5-4-6-8-17/h4-14,19H,15H2,1-3H3,(H,23,26). The van der Waals surface area contributed by atoms with Crippen LogP contribution >= 0.6 is 0 Å². The fraction of sp³-hybridized carbons (Fsp3) is 0.273. The maximum atomic E-state index is 13.1. The maximum absolute atomic E-state index is 13.1. The number of benzene rings is 2. The van der Waals surface area contributed by atoms with Crippen LogP contribution in [-0.2, 0) is 9.59 Å². The number of nitrogens with one attached hydrogen (secondary N) is 1. The van der Waals surface area contributed by atoms with E-state index in [2.05, 4.69) is 5.32 Å². The highest BCUT2D eigenvalue weighted by molar-refractivity contribution is 6.18. The molecule has 1 aliphatic rings. The Hall–Kier alpha value is -2.88. The maximum Gasteiger partial charge on any atom is 0.239 e. The average molecular weight is 348 g/mol. The predicted octanol–water partition coefficient (Wildman–Crippen LogP) is 3.75. The number of carbonyl (C=O) groups excluding carboxylic acids is 2. The summed E-state index contributed by atoms with van der Waals surface area (Å²) >= 11 is 0. The Morgan fingerprint density at radius 2 is 1.73 bits per heavy atom. The fourth-order valence-corrected chi connectivity index (χ4v) is 3.23. The van der Waals surface area contributed by atoms with Crippen LogP contribution in [0.25, 0.3) is 0 Å². The lowest BCUT2D eigenvalue weighted by atomic mass is 9.92. The van der Waals surface area contributed by atoms with E-state index in [1.54, 1.807) is 11.1 Å². The van der Waals surface area contributed by atoms with Crippen molar-refractivity contribution < 1.29 is 9.59 Å². The summed E-state index contributed by atoms with van der Waals surface area (Å²) in [5.74, 6) is -0.471. The van der Waals surface area contributed by atoms with Crippen molar-refractivity contribution in [2.45, 2.75) is 19.3 Å². The van der Waals surface area contributed by atoms with Crippen LogP contribution in [0.15, 0.2) is 66.9 Å². The summed E-state index contributed by atoms with van der Waals surface area (Å²) in [7, 11) is 3.70. The van der Waals surface area contributed by atoms with Crippen LogP contribution in [0.2, 0.25) is 0 Å². The molecular weight excluding hydrogens is 324 g/mol. The predicted molar refractivity (Wildman–Crippen MR) is 104 cm³/mol. The van der Waals surface area contributed by atoms with Gasteiger partial charge in [-0.25, -0.2) is 0 Å². The molecule has 0 spiro atoms. The monoisotopic (exact) mass is 348 g/mol. The van der Waals surface area contributed by atoms with Gasteiger partial charge in [-0.15, -0.1) is 0 Å². The van der Waals surface area contributed by atoms with Gasteiger partial charge in [0.1, 0.15) is 5.41 Å². The molecule has 0 bridgehead atoms. The Bertz CT molecular complexity index is 825. The minimum Gasteiger partial charge on any atom is -0.383 e. The first-order valence-electron chi connectivity index (χ1n) is 8.75. The van der Waals surface area contributed by atoms with E-state index in [0.29, 0.717) is 12.1 Å². The smallest absolute Gasteiger partial charge is 0.239 e. The molecule has 2 unspecified atom stereocenters. The molecule has 3 rings (SSSR count). The van der Waals surface area contributed by atoms with Crippen molar-refractivity contribution in [1.82, 2.24) is 4.90 Å². The highest BCUT2D eigenvalue weighted by atomic mass is 16.2. The molecule has 2 aromatic rings. The molecule has 1 saturated carbocycles. The molecule has 2 atom stereocenters. The van der Waals surface area contributed by atoms with Gasteiger partial charge in [0.2, 0.25) is 5.91 Å². The number of allylic oxidation sites excluding steroid dienone is 1. The first kappa shape index (κ1) is 17.9. The number of nitrogens with zero attached hydrogens (tertiary/aromatic N) is 1. The third-order valence-electron chi connectivity index (χ3n) is 4.84. The van der Waals surface area contributed by atoms with Gasteiger partial charge in [-0.05, 0) is 37.1 Å². The van der Waals surface area contributed by atoms with Crippen molar-refractivity contribution in [2.24, 2.45) is 5.41 Å². The molecule has 0 aromatic heterocycles. The molecule has 2 aromatic carbocycles. The van der Waals surface area contributed by atoms with Crippen LogP contribution in [0.5, 0.6) is 0 Å². The second-order valence-corrected chi connectivity index (χ2v) is 7.10. The van der Waals surface area contributed by atoms with E-state index in [1.807, 2.05) is 75.6 Å². The van der Waals surface area contributed by atoms with Crippen LogP contribution < -0.4 is 5.32 Å². The Balaban J connectivity index is 1.87. The van der Waals surface area contributed by atoms with Crippen molar-refractivity contribution >= 4 is 17.4 Å². The van der Waals surface area contributed by atoms with Crippen molar-refractivity contribution in [3.8, 4) is 0 Å². The number of hydrogen-bond donors (Lipinski definition) is 1. The van der Waals surface area contributed by atoms with Crippen molar-refractivity contribution in [1.29, 1.82) is 0 Å². The summed E-state index contributed by atoms with van der Waals surface area (Å²) < 4.78 is 0. The van der Waals surface area contributed by atoms with Crippen LogP contribution in [-0.4, -0.2) is 30.7 Å². The highest BCUT2D eigenvalue weighted by Gasteiger charge is 2.64. The number of amides is 1. The lowest BCUT2D eigenvalue weighted by molar-refractivity contribution is -0.130. The third-order valence-corrected chi connectivity index (χ3v) is 4.84. The Morgan fingerprint density at radius 3 is 2.35 bits per heavy atom. The summed E-state index contributed by atoms with van der Waals surface area (Å²) in [6.45, 7) is 2.00. The normalized spacial score (nSPS) is 21.4. The number of aryl methyl sites for hydroxylation is 1. The third kappa shape index (κ3) is 3.54. The van der Waals surface area contributed by atoms with Gasteiger partial charge < -0.3 is 10.2 Å². The zero-order chi connectivity index (χ0) is 18.7. The van der Waals surface area contributed by atoms with Crippen molar-refractivity contribution in [3.63, 3.8) is 0 Å². The van der Waals surface area contributed by atoms with E-state index < -0.39 is 5.41 Å². The largest absolute Gasteiger partial charge is 0.383 e. The molecule has 0 saturated heterocycles. The van der Waals surface area contributed by atoms with E-state index in [-0.39, 0.29) is 17.6 Å². The van der Waals surface area contributed by atoms with Crippen LogP contribution in [0.1, 0.15) is 23.5 Å². The fourth-order valence-electron chi connectivity index (χ4n) is 3.23. The van der Waals surface area contributed by atoms with Crippen LogP contribution in [0.4, 0.5) is 5.69 Å². The molecule has 1 N–H and O–H groups in total. The number of carbonyl (C=O) groups is 2. The summed E-state index contributed by atoms with van der Waals surface area (Å²) in [5, 5.41) is 2.93. The van der Waals surface area contributed by atoms with E-state index >= 15 is 0 Å². The summed E-state index contributed by atoms with van der Waals surface area (Å²) in [5.41, 5.74) is 1.83. The van der Waals surface area contributed by atoms with Gasteiger partial charge in [0, 0.05) is 31.9 Å². The molecular formula is C22H24N2O2. The van der Waals surface area contributed by atoms with Crippen LogP contribution in [0, 0.1) is 12.3 Å². The van der Waals surface area contributed by atoms with Gasteiger partial charge in [0.05, 0.1) is 0 Å². The Kier molecular flexibility index (Phi) is 4.94. The average Bonchev–Trinajstić information content (AvgIpc) is 3.39. The molecule has 0 heterocycles. The van der Waals surface area contributed by atoms with Crippen molar-refractivity contribution in [2.75, 3.05) is 19.4 Å². The molecule has 1 amide bonds. The number of ketones is 1. The van der Waals surface area contributed by atoms with E-state index in [1.165, 1.54) is 6.08 Å². The zero-order valence-electron chi connectivity index (χ0n) is 15.4. The number of hydrogen-bond acceptors (Lipinski definition) is 3. The minimum atomic E-state index is -1.03. The van der Waals surface area contributed by atoms with Gasteiger partial charge in [-0.1, -0.05) is 48.0 Å². The molecule has 4 heteroatoms. The first-order valence-corrected chi connectivity index (χ1v) is 8.75.